The van der Waals surface area contributed by atoms with E-state index < -0.39 is 30.2 Å². The Hall–Kier alpha value is -1.98. The maximum Gasteiger partial charge on any atom is 0.344 e. The number of alkyl halides is 1. The van der Waals surface area contributed by atoms with E-state index in [0.29, 0.717) is 0 Å². The van der Waals surface area contributed by atoms with Gasteiger partial charge in [-0.25, -0.2) is 13.6 Å². The van der Waals surface area contributed by atoms with Gasteiger partial charge in [-0.1, -0.05) is 12.1 Å². The van der Waals surface area contributed by atoms with Crippen molar-refractivity contribution in [1.82, 2.24) is 0 Å². The van der Waals surface area contributed by atoms with Gasteiger partial charge in [0.05, 0.1) is 0 Å². The quantitative estimate of drug-likeness (QED) is 0.815. The molecule has 0 bridgehead atoms. The molecule has 1 atom stereocenters. The summed E-state index contributed by atoms with van der Waals surface area (Å²) >= 11 is 0. The highest BCUT2D eigenvalue weighted by Crippen LogP contribution is 2.19. The molecule has 0 heterocycles. The molecule has 0 saturated carbocycles. The van der Waals surface area contributed by atoms with Gasteiger partial charge in [-0.05, 0) is 12.1 Å². The van der Waals surface area contributed by atoms with Crippen LogP contribution in [0.4, 0.5) is 13.2 Å². The molecule has 3 nitrogen and oxygen atoms in total. The van der Waals surface area contributed by atoms with Crippen LogP contribution in [0.25, 0.3) is 0 Å². The van der Waals surface area contributed by atoms with Crippen LogP contribution in [-0.2, 0) is 4.74 Å². The van der Waals surface area contributed by atoms with Crippen LogP contribution in [0.15, 0.2) is 36.4 Å². The Labute approximate surface area is 88.8 Å². The molecule has 0 aliphatic heterocycles. The predicted molar refractivity (Wildman–Crippen MR) is 48.7 cm³/mol. The standard InChI is InChI=1S/C10H7F3O3/c11-5-7(12)9(13)16-10(15)6-3-1-2-4-8(6)14/h1-5,9,14H. The van der Waals surface area contributed by atoms with E-state index in [0.717, 1.165) is 6.07 Å². The molecular formula is C10H7F3O3. The molecule has 1 unspecified atom stereocenters. The maximum absolute atomic E-state index is 12.7. The number of phenols is 1. The van der Waals surface area contributed by atoms with E-state index in [9.17, 15) is 23.1 Å². The fraction of sp³-hybridized carbons (Fsp3) is 0.100. The number of para-hydroxylation sites is 1. The van der Waals surface area contributed by atoms with Crippen molar-refractivity contribution in [1.29, 1.82) is 0 Å². The van der Waals surface area contributed by atoms with Gasteiger partial charge in [-0.15, -0.1) is 0 Å². The topological polar surface area (TPSA) is 46.5 Å². The van der Waals surface area contributed by atoms with Crippen LogP contribution in [0.3, 0.4) is 0 Å². The monoisotopic (exact) mass is 232 g/mol. The van der Waals surface area contributed by atoms with E-state index in [1.165, 1.54) is 18.2 Å². The van der Waals surface area contributed by atoms with Crippen molar-refractivity contribution in [3.05, 3.63) is 42.0 Å². The van der Waals surface area contributed by atoms with Crippen LogP contribution in [0.1, 0.15) is 10.4 Å². The van der Waals surface area contributed by atoms with Gasteiger partial charge in [0.1, 0.15) is 17.6 Å². The fourth-order valence-corrected chi connectivity index (χ4v) is 0.910. The SMILES string of the molecule is O=C(OC(F)C(F)=CF)c1ccccc1O. The van der Waals surface area contributed by atoms with E-state index in [4.69, 9.17) is 0 Å². The summed E-state index contributed by atoms with van der Waals surface area (Å²) in [5, 5.41) is 9.18. The second kappa shape index (κ2) is 5.20. The lowest BCUT2D eigenvalue weighted by Crippen LogP contribution is -2.14. The Bertz CT molecular complexity index is 418. The smallest absolute Gasteiger partial charge is 0.344 e. The number of halogens is 3. The highest BCUT2D eigenvalue weighted by atomic mass is 19.2. The van der Waals surface area contributed by atoms with Crippen LogP contribution in [0.5, 0.6) is 5.75 Å². The van der Waals surface area contributed by atoms with Crippen molar-refractivity contribution >= 4 is 5.97 Å². The largest absolute Gasteiger partial charge is 0.507 e. The molecule has 1 rings (SSSR count). The Morgan fingerprint density at radius 2 is 2.06 bits per heavy atom. The van der Waals surface area contributed by atoms with Gasteiger partial charge in [0, 0.05) is 0 Å². The van der Waals surface area contributed by atoms with Gasteiger partial charge in [0.2, 0.25) is 5.83 Å². The molecule has 16 heavy (non-hydrogen) atoms. The summed E-state index contributed by atoms with van der Waals surface area (Å²) < 4.78 is 40.4. The Morgan fingerprint density at radius 3 is 2.62 bits per heavy atom. The third-order valence-corrected chi connectivity index (χ3v) is 1.66. The number of carbonyl (C=O) groups excluding carboxylic acids is 1. The van der Waals surface area contributed by atoms with Crippen molar-refractivity contribution < 1.29 is 27.8 Å². The molecule has 1 aromatic carbocycles. The minimum atomic E-state index is -2.82. The van der Waals surface area contributed by atoms with Gasteiger partial charge < -0.3 is 9.84 Å². The normalized spacial score (nSPS) is 13.3. The van der Waals surface area contributed by atoms with Gasteiger partial charge in [0.15, 0.2) is 0 Å². The van der Waals surface area contributed by atoms with Gasteiger partial charge in [-0.3, -0.25) is 0 Å². The zero-order valence-corrected chi connectivity index (χ0v) is 7.86. The molecule has 0 aliphatic carbocycles. The van der Waals surface area contributed by atoms with Crippen LogP contribution in [-0.4, -0.2) is 17.4 Å². The Kier molecular flexibility index (Phi) is 3.93. The Balaban J connectivity index is 2.78. The minimum absolute atomic E-state index is 0.336. The minimum Gasteiger partial charge on any atom is -0.507 e. The average Bonchev–Trinajstić information content (AvgIpc) is 2.28. The number of aromatic hydroxyl groups is 1. The summed E-state index contributed by atoms with van der Waals surface area (Å²) in [5.74, 6) is -3.59. The number of phenolic OH excluding ortho intramolecular Hbond substituents is 1. The number of hydrogen-bond donors (Lipinski definition) is 1. The molecule has 1 aromatic rings. The highest BCUT2D eigenvalue weighted by molar-refractivity contribution is 5.92. The second-order valence-electron chi connectivity index (χ2n) is 2.73. The first-order chi connectivity index (χ1) is 7.56. The number of rotatable bonds is 3. The van der Waals surface area contributed by atoms with Crippen LogP contribution in [0.2, 0.25) is 0 Å². The van der Waals surface area contributed by atoms with Crippen molar-refractivity contribution in [2.24, 2.45) is 0 Å². The number of benzene rings is 1. The predicted octanol–water partition coefficient (Wildman–Crippen LogP) is 2.63. The van der Waals surface area contributed by atoms with E-state index in [-0.39, 0.29) is 5.56 Å². The van der Waals surface area contributed by atoms with Crippen LogP contribution in [0, 0.1) is 0 Å². The summed E-state index contributed by atoms with van der Waals surface area (Å²) in [6.45, 7) is 0. The lowest BCUT2D eigenvalue weighted by atomic mass is 10.2. The second-order valence-corrected chi connectivity index (χ2v) is 2.73. The van der Waals surface area contributed by atoms with Crippen molar-refractivity contribution in [3.63, 3.8) is 0 Å². The lowest BCUT2D eigenvalue weighted by molar-refractivity contribution is -0.00789. The van der Waals surface area contributed by atoms with Crippen LogP contribution >= 0.6 is 0 Å². The highest BCUT2D eigenvalue weighted by Gasteiger charge is 2.21. The van der Waals surface area contributed by atoms with E-state index in [1.807, 2.05) is 0 Å². The molecule has 0 saturated heterocycles. The molecule has 0 fully saturated rings. The zero-order chi connectivity index (χ0) is 12.1. The van der Waals surface area contributed by atoms with Gasteiger partial charge in [-0.2, -0.15) is 4.39 Å². The Morgan fingerprint density at radius 1 is 1.44 bits per heavy atom. The van der Waals surface area contributed by atoms with E-state index >= 15 is 0 Å². The molecule has 1 N–H and O–H groups in total. The van der Waals surface area contributed by atoms with Gasteiger partial charge >= 0.3 is 5.97 Å². The third-order valence-electron chi connectivity index (χ3n) is 1.66. The summed E-state index contributed by atoms with van der Waals surface area (Å²) in [4.78, 5) is 11.2. The third kappa shape index (κ3) is 2.75. The molecule has 86 valence electrons. The summed E-state index contributed by atoms with van der Waals surface area (Å²) in [5.41, 5.74) is -0.336. The van der Waals surface area contributed by atoms with Crippen molar-refractivity contribution in [3.8, 4) is 5.75 Å². The average molecular weight is 232 g/mol. The summed E-state index contributed by atoms with van der Waals surface area (Å²) in [7, 11) is 0. The summed E-state index contributed by atoms with van der Waals surface area (Å²) in [6.07, 6.45) is -3.47. The maximum atomic E-state index is 12.7. The molecule has 0 aliphatic rings. The van der Waals surface area contributed by atoms with Crippen molar-refractivity contribution in [2.45, 2.75) is 6.36 Å². The number of hydrogen-bond acceptors (Lipinski definition) is 3. The number of ether oxygens (including phenoxy) is 1. The molecule has 0 spiro atoms. The fourth-order valence-electron chi connectivity index (χ4n) is 0.910. The first kappa shape index (κ1) is 12.1. The van der Waals surface area contributed by atoms with Crippen molar-refractivity contribution in [2.75, 3.05) is 0 Å². The van der Waals surface area contributed by atoms with E-state index in [1.54, 1.807) is 0 Å². The number of esters is 1. The lowest BCUT2D eigenvalue weighted by Gasteiger charge is -2.08. The molecule has 0 amide bonds. The first-order valence-electron chi connectivity index (χ1n) is 4.15. The van der Waals surface area contributed by atoms with E-state index in [2.05, 4.69) is 4.74 Å². The molecule has 0 aromatic heterocycles. The molecule has 6 heteroatoms. The summed E-state index contributed by atoms with van der Waals surface area (Å²) in [6, 6.07) is 5.15. The van der Waals surface area contributed by atoms with Gasteiger partial charge in [0.25, 0.3) is 6.36 Å². The zero-order valence-electron chi connectivity index (χ0n) is 7.86. The first-order valence-corrected chi connectivity index (χ1v) is 4.15. The number of carbonyl (C=O) groups is 1. The van der Waals surface area contributed by atoms with Crippen LogP contribution < -0.4 is 0 Å². The molecule has 0 radical (unpaired) electrons. The molecular weight excluding hydrogens is 225 g/mol.